The topological polar surface area (TPSA) is 69.4 Å². The second-order valence-electron chi connectivity index (χ2n) is 3.68. The van der Waals surface area contributed by atoms with E-state index in [4.69, 9.17) is 10.5 Å². The van der Waals surface area contributed by atoms with Gasteiger partial charge in [0.1, 0.15) is 5.75 Å². The second-order valence-corrected chi connectivity index (χ2v) is 3.68. The molecule has 4 nitrogen and oxygen atoms in total. The van der Waals surface area contributed by atoms with E-state index in [9.17, 15) is 9.59 Å². The third kappa shape index (κ3) is 2.42. The fraction of sp³-hybridized carbons (Fsp3) is 0.0769. The van der Waals surface area contributed by atoms with Crippen LogP contribution in [0.4, 0.5) is 0 Å². The van der Waals surface area contributed by atoms with Crippen molar-refractivity contribution in [3.05, 3.63) is 42.0 Å². The molecular weight excluding hydrogens is 218 g/mol. The van der Waals surface area contributed by atoms with Gasteiger partial charge in [0, 0.05) is 12.5 Å². The van der Waals surface area contributed by atoms with Crippen LogP contribution in [-0.2, 0) is 4.79 Å². The van der Waals surface area contributed by atoms with Crippen molar-refractivity contribution in [1.82, 2.24) is 0 Å². The van der Waals surface area contributed by atoms with Crippen LogP contribution in [-0.4, -0.2) is 11.9 Å². The van der Waals surface area contributed by atoms with Gasteiger partial charge in [-0.1, -0.05) is 12.1 Å². The first kappa shape index (κ1) is 11.1. The lowest BCUT2D eigenvalue weighted by Gasteiger charge is -2.04. The third-order valence-corrected chi connectivity index (χ3v) is 2.36. The van der Waals surface area contributed by atoms with Gasteiger partial charge < -0.3 is 10.5 Å². The van der Waals surface area contributed by atoms with E-state index in [2.05, 4.69) is 0 Å². The van der Waals surface area contributed by atoms with Gasteiger partial charge in [-0.15, -0.1) is 0 Å². The Morgan fingerprint density at radius 2 is 1.71 bits per heavy atom. The van der Waals surface area contributed by atoms with Gasteiger partial charge in [-0.25, -0.2) is 0 Å². The monoisotopic (exact) mass is 229 g/mol. The number of ether oxygens (including phenoxy) is 1. The van der Waals surface area contributed by atoms with Crippen molar-refractivity contribution >= 4 is 22.6 Å². The Hall–Kier alpha value is -2.36. The number of hydrogen-bond donors (Lipinski definition) is 1. The molecule has 2 aromatic rings. The molecule has 0 aromatic heterocycles. The van der Waals surface area contributed by atoms with E-state index >= 15 is 0 Å². The van der Waals surface area contributed by atoms with Crippen LogP contribution in [0.3, 0.4) is 0 Å². The zero-order valence-electron chi connectivity index (χ0n) is 9.27. The third-order valence-electron chi connectivity index (χ3n) is 2.36. The summed E-state index contributed by atoms with van der Waals surface area (Å²) in [7, 11) is 0. The number of amides is 1. The molecule has 0 saturated carbocycles. The first-order chi connectivity index (χ1) is 8.06. The summed E-state index contributed by atoms with van der Waals surface area (Å²) in [4.78, 5) is 21.8. The lowest BCUT2D eigenvalue weighted by molar-refractivity contribution is -0.131. The van der Waals surface area contributed by atoms with Gasteiger partial charge in [-0.3, -0.25) is 9.59 Å². The lowest BCUT2D eigenvalue weighted by Crippen LogP contribution is -2.10. The molecule has 0 unspecified atom stereocenters. The van der Waals surface area contributed by atoms with Gasteiger partial charge in [0.05, 0.1) is 0 Å². The largest absolute Gasteiger partial charge is 0.427 e. The molecule has 0 saturated heterocycles. The summed E-state index contributed by atoms with van der Waals surface area (Å²) < 4.78 is 4.97. The number of rotatable bonds is 2. The van der Waals surface area contributed by atoms with Crippen molar-refractivity contribution in [2.24, 2.45) is 5.73 Å². The van der Waals surface area contributed by atoms with Crippen LogP contribution in [0.25, 0.3) is 10.8 Å². The van der Waals surface area contributed by atoms with Crippen molar-refractivity contribution < 1.29 is 14.3 Å². The van der Waals surface area contributed by atoms with Crippen LogP contribution < -0.4 is 10.5 Å². The average Bonchev–Trinajstić information content (AvgIpc) is 2.27. The van der Waals surface area contributed by atoms with Crippen molar-refractivity contribution in [3.63, 3.8) is 0 Å². The first-order valence-electron chi connectivity index (χ1n) is 5.08. The molecule has 2 rings (SSSR count). The fourth-order valence-electron chi connectivity index (χ4n) is 1.61. The van der Waals surface area contributed by atoms with Gasteiger partial charge in [-0.2, -0.15) is 0 Å². The van der Waals surface area contributed by atoms with Crippen molar-refractivity contribution in [3.8, 4) is 5.75 Å². The van der Waals surface area contributed by atoms with E-state index in [1.54, 1.807) is 36.4 Å². The van der Waals surface area contributed by atoms with Crippen molar-refractivity contribution in [2.45, 2.75) is 6.92 Å². The second kappa shape index (κ2) is 4.25. The van der Waals surface area contributed by atoms with E-state index < -0.39 is 5.91 Å². The highest BCUT2D eigenvalue weighted by atomic mass is 16.5. The van der Waals surface area contributed by atoms with Crippen LogP contribution in [0.1, 0.15) is 17.3 Å². The Labute approximate surface area is 98.0 Å². The van der Waals surface area contributed by atoms with E-state index in [0.717, 1.165) is 10.8 Å². The highest BCUT2D eigenvalue weighted by Crippen LogP contribution is 2.22. The van der Waals surface area contributed by atoms with Crippen LogP contribution in [0.15, 0.2) is 36.4 Å². The van der Waals surface area contributed by atoms with Crippen LogP contribution in [0, 0.1) is 0 Å². The van der Waals surface area contributed by atoms with E-state index in [-0.39, 0.29) is 5.97 Å². The highest BCUT2D eigenvalue weighted by molar-refractivity contribution is 5.97. The molecule has 0 atom stereocenters. The fourth-order valence-corrected chi connectivity index (χ4v) is 1.61. The molecule has 2 aromatic carbocycles. The number of esters is 1. The number of benzene rings is 2. The maximum atomic E-state index is 11.0. The lowest BCUT2D eigenvalue weighted by atomic mass is 10.1. The highest BCUT2D eigenvalue weighted by Gasteiger charge is 2.03. The van der Waals surface area contributed by atoms with Gasteiger partial charge in [-0.05, 0) is 35.0 Å². The quantitative estimate of drug-likeness (QED) is 0.631. The van der Waals surface area contributed by atoms with Crippen molar-refractivity contribution in [1.29, 1.82) is 0 Å². The van der Waals surface area contributed by atoms with Gasteiger partial charge in [0.15, 0.2) is 0 Å². The molecule has 0 fully saturated rings. The summed E-state index contributed by atoms with van der Waals surface area (Å²) in [5.41, 5.74) is 5.65. The molecule has 0 spiro atoms. The summed E-state index contributed by atoms with van der Waals surface area (Å²) in [6.45, 7) is 1.35. The molecule has 0 heterocycles. The molecule has 86 valence electrons. The Morgan fingerprint density at radius 3 is 2.35 bits per heavy atom. The predicted molar refractivity (Wildman–Crippen MR) is 63.8 cm³/mol. The van der Waals surface area contributed by atoms with Gasteiger partial charge in [0.2, 0.25) is 5.91 Å². The normalized spacial score (nSPS) is 10.2. The predicted octanol–water partition coefficient (Wildman–Crippen LogP) is 1.86. The molecule has 0 bridgehead atoms. The zero-order valence-corrected chi connectivity index (χ0v) is 9.27. The number of carbonyl (C=O) groups excluding carboxylic acids is 2. The standard InChI is InChI=1S/C13H11NO3/c1-8(15)17-12-5-4-9-6-11(13(14)16)3-2-10(9)7-12/h2-7H,1H3,(H2,14,16). The molecule has 2 N–H and O–H groups in total. The van der Waals surface area contributed by atoms with E-state index in [1.807, 2.05) is 0 Å². The van der Waals surface area contributed by atoms with Gasteiger partial charge >= 0.3 is 5.97 Å². The molecule has 17 heavy (non-hydrogen) atoms. The summed E-state index contributed by atoms with van der Waals surface area (Å²) in [5.74, 6) is -0.342. The molecular formula is C13H11NO3. The number of nitrogens with two attached hydrogens (primary N) is 1. The Kier molecular flexibility index (Phi) is 2.78. The minimum Gasteiger partial charge on any atom is -0.427 e. The molecule has 0 aliphatic rings. The molecule has 0 aliphatic carbocycles. The SMILES string of the molecule is CC(=O)Oc1ccc2cc(C(N)=O)ccc2c1. The average molecular weight is 229 g/mol. The van der Waals surface area contributed by atoms with E-state index in [1.165, 1.54) is 6.92 Å². The summed E-state index contributed by atoms with van der Waals surface area (Å²) in [6, 6.07) is 10.3. The molecule has 4 heteroatoms. The van der Waals surface area contributed by atoms with E-state index in [0.29, 0.717) is 11.3 Å². The minimum atomic E-state index is -0.462. The number of fused-ring (bicyclic) bond motifs is 1. The summed E-state index contributed by atoms with van der Waals surface area (Å²) in [6.07, 6.45) is 0. The van der Waals surface area contributed by atoms with Crippen LogP contribution in [0.5, 0.6) is 5.75 Å². The summed E-state index contributed by atoms with van der Waals surface area (Å²) in [5, 5.41) is 1.76. The zero-order chi connectivity index (χ0) is 12.4. The number of primary amides is 1. The number of carbonyl (C=O) groups is 2. The Balaban J connectivity index is 2.46. The minimum absolute atomic E-state index is 0.363. The molecule has 0 aliphatic heterocycles. The smallest absolute Gasteiger partial charge is 0.308 e. The number of hydrogen-bond acceptors (Lipinski definition) is 3. The molecule has 0 radical (unpaired) electrons. The maximum Gasteiger partial charge on any atom is 0.308 e. The maximum absolute atomic E-state index is 11.0. The van der Waals surface area contributed by atoms with Crippen LogP contribution >= 0.6 is 0 Å². The summed E-state index contributed by atoms with van der Waals surface area (Å²) >= 11 is 0. The van der Waals surface area contributed by atoms with Crippen LogP contribution in [0.2, 0.25) is 0 Å². The van der Waals surface area contributed by atoms with Gasteiger partial charge in [0.25, 0.3) is 0 Å². The first-order valence-corrected chi connectivity index (χ1v) is 5.08. The Bertz CT molecular complexity index is 605. The van der Waals surface area contributed by atoms with Crippen molar-refractivity contribution in [2.75, 3.05) is 0 Å². The Morgan fingerprint density at radius 1 is 1.06 bits per heavy atom. The molecule has 1 amide bonds.